The van der Waals surface area contributed by atoms with Crippen LogP contribution in [0.25, 0.3) is 0 Å². The Labute approximate surface area is 136 Å². The third-order valence-corrected chi connectivity index (χ3v) is 5.49. The van der Waals surface area contributed by atoms with Gasteiger partial charge in [0.05, 0.1) is 16.7 Å². The number of aromatic nitrogens is 1. The number of pyridine rings is 1. The van der Waals surface area contributed by atoms with Crippen molar-refractivity contribution < 1.29 is 18.1 Å². The van der Waals surface area contributed by atoms with E-state index in [1.807, 2.05) is 27.7 Å². The zero-order valence-electron chi connectivity index (χ0n) is 14.3. The van der Waals surface area contributed by atoms with Crippen molar-refractivity contribution in [2.24, 2.45) is 0 Å². The van der Waals surface area contributed by atoms with Crippen molar-refractivity contribution in [3.05, 3.63) is 23.5 Å². The average Bonchev–Trinajstić information content (AvgIpc) is 2.67. The standard InChI is InChI=1S/C17H24BF2NO2/c1-16(2)17(3,4)23-18(22-16)14-12(19)10-13(21-15(14)20)11-8-6-5-7-9-11/h10-11H,5-9H2,1-4H3. The molecule has 3 nitrogen and oxygen atoms in total. The third kappa shape index (κ3) is 3.03. The molecule has 0 aromatic carbocycles. The molecule has 1 saturated heterocycles. The highest BCUT2D eigenvalue weighted by atomic mass is 19.1. The van der Waals surface area contributed by atoms with Crippen LogP contribution < -0.4 is 5.46 Å². The minimum absolute atomic E-state index is 0.153. The number of rotatable bonds is 2. The molecule has 1 aromatic rings. The summed E-state index contributed by atoms with van der Waals surface area (Å²) < 4.78 is 40.6. The SMILES string of the molecule is CC1(C)OB(c2c(F)cc(C3CCCCC3)nc2F)OC1(C)C. The molecule has 0 radical (unpaired) electrons. The summed E-state index contributed by atoms with van der Waals surface area (Å²) in [5.41, 5.74) is -0.986. The van der Waals surface area contributed by atoms with Crippen LogP contribution in [0.4, 0.5) is 8.78 Å². The van der Waals surface area contributed by atoms with Crippen molar-refractivity contribution in [3.8, 4) is 0 Å². The Bertz CT molecular complexity index is 561. The van der Waals surface area contributed by atoms with Gasteiger partial charge in [-0.05, 0) is 46.6 Å². The number of nitrogens with zero attached hydrogens (tertiary/aromatic N) is 1. The smallest absolute Gasteiger partial charge is 0.399 e. The van der Waals surface area contributed by atoms with Gasteiger partial charge < -0.3 is 9.31 Å². The molecule has 0 bridgehead atoms. The van der Waals surface area contributed by atoms with Crippen LogP contribution in [0.3, 0.4) is 0 Å². The van der Waals surface area contributed by atoms with Crippen LogP contribution in [0.2, 0.25) is 0 Å². The van der Waals surface area contributed by atoms with Gasteiger partial charge >= 0.3 is 7.12 Å². The largest absolute Gasteiger partial charge is 0.502 e. The lowest BCUT2D eigenvalue weighted by Crippen LogP contribution is -2.41. The lowest BCUT2D eigenvalue weighted by Gasteiger charge is -2.32. The fraction of sp³-hybridized carbons (Fsp3) is 0.706. The lowest BCUT2D eigenvalue weighted by molar-refractivity contribution is 0.00578. The number of hydrogen-bond donors (Lipinski definition) is 0. The predicted octanol–water partition coefficient (Wildman–Crippen LogP) is 3.71. The van der Waals surface area contributed by atoms with Crippen molar-refractivity contribution in [1.29, 1.82) is 0 Å². The molecule has 0 atom stereocenters. The molecule has 3 rings (SSSR count). The van der Waals surface area contributed by atoms with E-state index in [1.165, 1.54) is 12.5 Å². The van der Waals surface area contributed by atoms with Crippen LogP contribution in [0, 0.1) is 11.8 Å². The van der Waals surface area contributed by atoms with Crippen LogP contribution in [0.5, 0.6) is 0 Å². The molecule has 0 amide bonds. The maximum atomic E-state index is 14.6. The summed E-state index contributed by atoms with van der Waals surface area (Å²) in [5.74, 6) is -1.29. The maximum Gasteiger partial charge on any atom is 0.502 e. The zero-order valence-corrected chi connectivity index (χ0v) is 14.3. The number of hydrogen-bond acceptors (Lipinski definition) is 3. The average molecular weight is 323 g/mol. The molecule has 126 valence electrons. The van der Waals surface area contributed by atoms with E-state index in [-0.39, 0.29) is 11.4 Å². The molecule has 6 heteroatoms. The van der Waals surface area contributed by atoms with E-state index in [9.17, 15) is 8.78 Å². The highest BCUT2D eigenvalue weighted by Crippen LogP contribution is 2.37. The quantitative estimate of drug-likeness (QED) is 0.614. The van der Waals surface area contributed by atoms with Gasteiger partial charge in [-0.25, -0.2) is 9.37 Å². The second kappa shape index (κ2) is 5.81. The van der Waals surface area contributed by atoms with Gasteiger partial charge in [-0.1, -0.05) is 19.3 Å². The van der Waals surface area contributed by atoms with E-state index in [0.29, 0.717) is 5.69 Å². The molecular weight excluding hydrogens is 299 g/mol. The summed E-state index contributed by atoms with van der Waals surface area (Å²) in [6, 6.07) is 1.36. The number of halogens is 2. The van der Waals surface area contributed by atoms with Gasteiger partial charge in [-0.15, -0.1) is 0 Å². The molecule has 1 saturated carbocycles. The molecule has 1 aliphatic carbocycles. The van der Waals surface area contributed by atoms with Crippen LogP contribution in [-0.4, -0.2) is 23.3 Å². The molecule has 2 heterocycles. The van der Waals surface area contributed by atoms with Crippen molar-refractivity contribution in [1.82, 2.24) is 4.98 Å². The molecule has 1 aromatic heterocycles. The van der Waals surface area contributed by atoms with E-state index in [4.69, 9.17) is 9.31 Å². The highest BCUT2D eigenvalue weighted by Gasteiger charge is 2.53. The Morgan fingerprint density at radius 2 is 1.61 bits per heavy atom. The monoisotopic (exact) mass is 323 g/mol. The summed E-state index contributed by atoms with van der Waals surface area (Å²) in [5, 5.41) is 0. The van der Waals surface area contributed by atoms with Crippen LogP contribution in [0.1, 0.15) is 71.4 Å². The maximum absolute atomic E-state index is 14.6. The Balaban J connectivity index is 1.90. The van der Waals surface area contributed by atoms with Crippen molar-refractivity contribution in [3.63, 3.8) is 0 Å². The summed E-state index contributed by atoms with van der Waals surface area (Å²) in [7, 11) is -1.06. The summed E-state index contributed by atoms with van der Waals surface area (Å²) >= 11 is 0. The topological polar surface area (TPSA) is 31.4 Å². The van der Waals surface area contributed by atoms with Crippen molar-refractivity contribution >= 4 is 12.6 Å². The Morgan fingerprint density at radius 3 is 2.13 bits per heavy atom. The van der Waals surface area contributed by atoms with Gasteiger partial charge in [0.1, 0.15) is 5.82 Å². The van der Waals surface area contributed by atoms with Gasteiger partial charge in [-0.2, -0.15) is 4.39 Å². The minimum Gasteiger partial charge on any atom is -0.399 e. The summed E-state index contributed by atoms with van der Waals surface area (Å²) in [6.07, 6.45) is 5.26. The predicted molar refractivity (Wildman–Crippen MR) is 85.7 cm³/mol. The van der Waals surface area contributed by atoms with Gasteiger partial charge in [0.25, 0.3) is 0 Å². The first kappa shape index (κ1) is 16.8. The van der Waals surface area contributed by atoms with Gasteiger partial charge in [0, 0.05) is 11.6 Å². The lowest BCUT2D eigenvalue weighted by atomic mass is 9.78. The molecule has 0 unspecified atom stereocenters. The molecular formula is C17H24BF2NO2. The van der Waals surface area contributed by atoms with Gasteiger partial charge in [-0.3, -0.25) is 0 Å². The van der Waals surface area contributed by atoms with Crippen LogP contribution in [-0.2, 0) is 9.31 Å². The first-order chi connectivity index (χ1) is 10.7. The highest BCUT2D eigenvalue weighted by molar-refractivity contribution is 6.62. The normalized spacial score (nSPS) is 24.2. The van der Waals surface area contributed by atoms with E-state index < -0.39 is 30.1 Å². The van der Waals surface area contributed by atoms with E-state index in [1.54, 1.807) is 0 Å². The third-order valence-electron chi connectivity index (χ3n) is 5.49. The molecule has 0 spiro atoms. The van der Waals surface area contributed by atoms with Gasteiger partial charge in [0.15, 0.2) is 0 Å². The van der Waals surface area contributed by atoms with Crippen LogP contribution >= 0.6 is 0 Å². The van der Waals surface area contributed by atoms with E-state index >= 15 is 0 Å². The second-order valence-electron chi connectivity index (χ2n) is 7.66. The van der Waals surface area contributed by atoms with Gasteiger partial charge in [0.2, 0.25) is 5.95 Å². The van der Waals surface area contributed by atoms with Crippen molar-refractivity contribution in [2.75, 3.05) is 0 Å². The Morgan fingerprint density at radius 1 is 1.04 bits per heavy atom. The fourth-order valence-corrected chi connectivity index (χ4v) is 3.29. The first-order valence-electron chi connectivity index (χ1n) is 8.43. The summed E-state index contributed by atoms with van der Waals surface area (Å²) in [4.78, 5) is 4.03. The molecule has 1 aliphatic heterocycles. The molecule has 2 fully saturated rings. The van der Waals surface area contributed by atoms with E-state index in [0.717, 1.165) is 25.7 Å². The summed E-state index contributed by atoms with van der Waals surface area (Å²) in [6.45, 7) is 7.42. The zero-order chi connectivity index (χ0) is 16.8. The molecule has 23 heavy (non-hydrogen) atoms. The van der Waals surface area contributed by atoms with Crippen molar-refractivity contribution in [2.45, 2.75) is 76.9 Å². The molecule has 0 N–H and O–H groups in total. The van der Waals surface area contributed by atoms with E-state index in [2.05, 4.69) is 4.98 Å². The fourth-order valence-electron chi connectivity index (χ4n) is 3.29. The minimum atomic E-state index is -1.06. The second-order valence-corrected chi connectivity index (χ2v) is 7.66. The molecule has 2 aliphatic rings. The Kier molecular flexibility index (Phi) is 4.26. The first-order valence-corrected chi connectivity index (χ1v) is 8.43. The van der Waals surface area contributed by atoms with Crippen LogP contribution in [0.15, 0.2) is 6.07 Å². The Hall–Kier alpha value is -1.01.